The Bertz CT molecular complexity index is 533. The molecule has 0 aliphatic carbocycles. The van der Waals surface area contributed by atoms with Gasteiger partial charge in [0.2, 0.25) is 0 Å². The van der Waals surface area contributed by atoms with Crippen LogP contribution in [0.2, 0.25) is 0 Å². The smallest absolute Gasteiger partial charge is 0.124 e. The predicted octanol–water partition coefficient (Wildman–Crippen LogP) is 4.15. The minimum absolute atomic E-state index is 0.225. The molecule has 0 radical (unpaired) electrons. The molecular weight excluding hydrogens is 321 g/mol. The minimum atomic E-state index is -0.225. The molecule has 2 nitrogen and oxygen atoms in total. The lowest BCUT2D eigenvalue weighted by Crippen LogP contribution is -2.17. The van der Waals surface area contributed by atoms with Crippen LogP contribution in [0.25, 0.3) is 0 Å². The van der Waals surface area contributed by atoms with Gasteiger partial charge >= 0.3 is 0 Å². The Morgan fingerprint density at radius 1 is 1.10 bits per heavy atom. The number of para-hydroxylation sites is 1. The number of halogens is 2. The molecule has 0 aliphatic heterocycles. The maximum absolute atomic E-state index is 12.9. The summed E-state index contributed by atoms with van der Waals surface area (Å²) < 4.78 is 19.3. The van der Waals surface area contributed by atoms with E-state index in [0.29, 0.717) is 13.2 Å². The number of hydrogen-bond donors (Lipinski definition) is 1. The standard InChI is InChI=1S/C16H17BrFNO/c17-16-11-14(18)8-7-13(16)12-19-9-4-10-20-15-5-2-1-3-6-15/h1-3,5-8,11,19H,4,9-10,12H2. The summed E-state index contributed by atoms with van der Waals surface area (Å²) in [5.74, 6) is 0.672. The predicted molar refractivity (Wildman–Crippen MR) is 82.4 cm³/mol. The Kier molecular flexibility index (Phi) is 6.02. The summed E-state index contributed by atoms with van der Waals surface area (Å²) in [7, 11) is 0. The SMILES string of the molecule is Fc1ccc(CNCCCOc2ccccc2)c(Br)c1. The second-order valence-corrected chi connectivity index (χ2v) is 5.28. The normalized spacial score (nSPS) is 10.5. The molecule has 2 aromatic rings. The van der Waals surface area contributed by atoms with Crippen molar-refractivity contribution >= 4 is 15.9 Å². The van der Waals surface area contributed by atoms with Gasteiger partial charge in [-0.05, 0) is 42.8 Å². The van der Waals surface area contributed by atoms with Gasteiger partial charge in [0.25, 0.3) is 0 Å². The first kappa shape index (κ1) is 15.0. The van der Waals surface area contributed by atoms with Gasteiger partial charge in [-0.1, -0.05) is 40.2 Å². The molecule has 0 amide bonds. The van der Waals surface area contributed by atoms with Gasteiger partial charge in [-0.3, -0.25) is 0 Å². The van der Waals surface area contributed by atoms with E-state index in [1.807, 2.05) is 30.3 Å². The molecular formula is C16H17BrFNO. The van der Waals surface area contributed by atoms with Crippen LogP contribution in [0.1, 0.15) is 12.0 Å². The van der Waals surface area contributed by atoms with E-state index >= 15 is 0 Å². The third-order valence-corrected chi connectivity index (χ3v) is 3.58. The lowest BCUT2D eigenvalue weighted by molar-refractivity contribution is 0.308. The molecule has 20 heavy (non-hydrogen) atoms. The zero-order chi connectivity index (χ0) is 14.2. The Balaban J connectivity index is 1.62. The summed E-state index contributed by atoms with van der Waals surface area (Å²) in [5, 5.41) is 3.32. The summed E-state index contributed by atoms with van der Waals surface area (Å²) >= 11 is 3.36. The van der Waals surface area contributed by atoms with Crippen LogP contribution < -0.4 is 10.1 Å². The summed E-state index contributed by atoms with van der Waals surface area (Å²) in [6.45, 7) is 2.25. The lowest BCUT2D eigenvalue weighted by Gasteiger charge is -2.08. The van der Waals surface area contributed by atoms with Crippen molar-refractivity contribution in [2.24, 2.45) is 0 Å². The molecule has 4 heteroatoms. The third-order valence-electron chi connectivity index (χ3n) is 2.84. The van der Waals surface area contributed by atoms with Crippen LogP contribution in [0.15, 0.2) is 53.0 Å². The Morgan fingerprint density at radius 2 is 1.90 bits per heavy atom. The molecule has 2 rings (SSSR count). The van der Waals surface area contributed by atoms with Crippen LogP contribution >= 0.6 is 15.9 Å². The number of nitrogens with one attached hydrogen (secondary N) is 1. The fraction of sp³-hybridized carbons (Fsp3) is 0.250. The molecule has 0 atom stereocenters. The second kappa shape index (κ2) is 8.02. The van der Waals surface area contributed by atoms with E-state index in [4.69, 9.17) is 4.74 Å². The fourth-order valence-electron chi connectivity index (χ4n) is 1.79. The minimum Gasteiger partial charge on any atom is -0.494 e. The summed E-state index contributed by atoms with van der Waals surface area (Å²) in [5.41, 5.74) is 1.05. The topological polar surface area (TPSA) is 21.3 Å². The van der Waals surface area contributed by atoms with E-state index < -0.39 is 0 Å². The Morgan fingerprint density at radius 3 is 2.65 bits per heavy atom. The molecule has 0 spiro atoms. The maximum Gasteiger partial charge on any atom is 0.124 e. The van der Waals surface area contributed by atoms with Crippen molar-refractivity contribution in [3.63, 3.8) is 0 Å². The van der Waals surface area contributed by atoms with E-state index in [1.165, 1.54) is 12.1 Å². The van der Waals surface area contributed by atoms with E-state index in [9.17, 15) is 4.39 Å². The highest BCUT2D eigenvalue weighted by atomic mass is 79.9. The first-order valence-electron chi connectivity index (χ1n) is 6.58. The van der Waals surface area contributed by atoms with Gasteiger partial charge < -0.3 is 10.1 Å². The second-order valence-electron chi connectivity index (χ2n) is 4.43. The van der Waals surface area contributed by atoms with Crippen LogP contribution in [0.3, 0.4) is 0 Å². The summed E-state index contributed by atoms with van der Waals surface area (Å²) in [4.78, 5) is 0. The summed E-state index contributed by atoms with van der Waals surface area (Å²) in [6, 6.07) is 14.5. The molecule has 0 unspecified atom stereocenters. The van der Waals surface area contributed by atoms with Crippen molar-refractivity contribution in [1.29, 1.82) is 0 Å². The van der Waals surface area contributed by atoms with Gasteiger partial charge in [-0.15, -0.1) is 0 Å². The molecule has 0 saturated carbocycles. The highest BCUT2D eigenvalue weighted by Crippen LogP contribution is 2.17. The van der Waals surface area contributed by atoms with Crippen molar-refractivity contribution in [3.05, 3.63) is 64.4 Å². The molecule has 0 saturated heterocycles. The van der Waals surface area contributed by atoms with E-state index in [-0.39, 0.29) is 5.82 Å². The molecule has 2 aromatic carbocycles. The third kappa shape index (κ3) is 4.94. The quantitative estimate of drug-likeness (QED) is 0.766. The van der Waals surface area contributed by atoms with E-state index in [2.05, 4.69) is 21.2 Å². The van der Waals surface area contributed by atoms with Crippen LogP contribution in [0, 0.1) is 5.82 Å². The van der Waals surface area contributed by atoms with Crippen molar-refractivity contribution in [2.75, 3.05) is 13.2 Å². The van der Waals surface area contributed by atoms with E-state index in [0.717, 1.165) is 28.8 Å². The maximum atomic E-state index is 12.9. The zero-order valence-corrected chi connectivity index (χ0v) is 12.7. The van der Waals surface area contributed by atoms with Crippen LogP contribution in [0.4, 0.5) is 4.39 Å². The summed E-state index contributed by atoms with van der Waals surface area (Å²) in [6.07, 6.45) is 0.924. The Hall–Kier alpha value is -1.39. The average molecular weight is 338 g/mol. The molecule has 106 valence electrons. The lowest BCUT2D eigenvalue weighted by atomic mass is 10.2. The van der Waals surface area contributed by atoms with E-state index in [1.54, 1.807) is 6.07 Å². The molecule has 0 fully saturated rings. The van der Waals surface area contributed by atoms with Gasteiger partial charge in [-0.2, -0.15) is 0 Å². The largest absolute Gasteiger partial charge is 0.494 e. The van der Waals surface area contributed by atoms with Crippen molar-refractivity contribution in [1.82, 2.24) is 5.32 Å². The number of rotatable bonds is 7. The molecule has 0 bridgehead atoms. The fourth-order valence-corrected chi connectivity index (χ4v) is 2.28. The van der Waals surface area contributed by atoms with Gasteiger partial charge in [0, 0.05) is 11.0 Å². The van der Waals surface area contributed by atoms with Crippen molar-refractivity contribution in [3.8, 4) is 5.75 Å². The van der Waals surface area contributed by atoms with Crippen LogP contribution in [-0.2, 0) is 6.54 Å². The number of ether oxygens (including phenoxy) is 1. The average Bonchev–Trinajstić information content (AvgIpc) is 2.46. The highest BCUT2D eigenvalue weighted by molar-refractivity contribution is 9.10. The Labute approximate surface area is 127 Å². The van der Waals surface area contributed by atoms with Gasteiger partial charge in [-0.25, -0.2) is 4.39 Å². The van der Waals surface area contributed by atoms with Crippen molar-refractivity contribution in [2.45, 2.75) is 13.0 Å². The first-order chi connectivity index (χ1) is 9.75. The number of benzene rings is 2. The van der Waals surface area contributed by atoms with Crippen molar-refractivity contribution < 1.29 is 9.13 Å². The molecule has 0 heterocycles. The van der Waals surface area contributed by atoms with Crippen LogP contribution in [-0.4, -0.2) is 13.2 Å². The van der Waals surface area contributed by atoms with Gasteiger partial charge in [0.05, 0.1) is 6.61 Å². The van der Waals surface area contributed by atoms with Crippen LogP contribution in [0.5, 0.6) is 5.75 Å². The highest BCUT2D eigenvalue weighted by Gasteiger charge is 2.00. The monoisotopic (exact) mass is 337 g/mol. The zero-order valence-electron chi connectivity index (χ0n) is 11.1. The molecule has 1 N–H and O–H groups in total. The van der Waals surface area contributed by atoms with Gasteiger partial charge in [0.1, 0.15) is 11.6 Å². The number of hydrogen-bond acceptors (Lipinski definition) is 2. The van der Waals surface area contributed by atoms with Gasteiger partial charge in [0.15, 0.2) is 0 Å². The molecule has 0 aromatic heterocycles. The molecule has 0 aliphatic rings. The first-order valence-corrected chi connectivity index (χ1v) is 7.37.